The molecule has 0 fully saturated rings. The van der Waals surface area contributed by atoms with E-state index >= 15 is 0 Å². The Morgan fingerprint density at radius 2 is 1.94 bits per heavy atom. The molecule has 164 valence electrons. The van der Waals surface area contributed by atoms with Crippen LogP contribution in [0.25, 0.3) is 0 Å². The fourth-order valence-electron chi connectivity index (χ4n) is 2.77. The lowest BCUT2D eigenvalue weighted by atomic mass is 10.1. The van der Waals surface area contributed by atoms with Crippen molar-refractivity contribution in [2.24, 2.45) is 5.92 Å². The lowest BCUT2D eigenvalue weighted by Crippen LogP contribution is -2.28. The third-order valence-corrected chi connectivity index (χ3v) is 4.67. The lowest BCUT2D eigenvalue weighted by molar-refractivity contribution is -0.123. The molecule has 0 spiro atoms. The second-order valence-electron chi connectivity index (χ2n) is 7.24. The first kappa shape index (κ1) is 24.2. The lowest BCUT2D eigenvalue weighted by Gasteiger charge is -2.14. The van der Waals surface area contributed by atoms with E-state index in [9.17, 15) is 9.59 Å². The van der Waals surface area contributed by atoms with E-state index in [4.69, 9.17) is 14.7 Å². The highest BCUT2D eigenvalue weighted by atomic mass is 79.9. The number of anilines is 1. The number of nitrogens with zero attached hydrogens (tertiary/aromatic N) is 1. The van der Waals surface area contributed by atoms with Crippen LogP contribution in [0.1, 0.15) is 38.3 Å². The monoisotopic (exact) mass is 487 g/mol. The molecule has 0 atom stereocenters. The standard InChI is InChI=1S/C23H26BrN3O4/c1-4-30-20-11-17(12-25)10-19(24)23(20)31-14-22(29)26-13-16-6-5-7-18(9-16)27-21(28)8-15(2)3/h5-7,9-11,15H,4,8,13-14H2,1-3H3,(H,26,29)(H,27,28). The van der Waals surface area contributed by atoms with Gasteiger partial charge in [-0.3, -0.25) is 9.59 Å². The highest BCUT2D eigenvalue weighted by molar-refractivity contribution is 9.10. The largest absolute Gasteiger partial charge is 0.490 e. The van der Waals surface area contributed by atoms with Crippen molar-refractivity contribution in [1.82, 2.24) is 5.32 Å². The summed E-state index contributed by atoms with van der Waals surface area (Å²) in [5, 5.41) is 14.7. The Hall–Kier alpha value is -3.05. The van der Waals surface area contributed by atoms with Crippen molar-refractivity contribution < 1.29 is 19.1 Å². The summed E-state index contributed by atoms with van der Waals surface area (Å²) in [6.45, 7) is 6.28. The maximum Gasteiger partial charge on any atom is 0.258 e. The molecule has 2 rings (SSSR count). The number of rotatable bonds is 10. The molecule has 8 heteroatoms. The Balaban J connectivity index is 1.93. The molecule has 0 radical (unpaired) electrons. The van der Waals surface area contributed by atoms with E-state index in [1.807, 2.05) is 45.0 Å². The normalized spacial score (nSPS) is 10.3. The highest BCUT2D eigenvalue weighted by Crippen LogP contribution is 2.36. The van der Waals surface area contributed by atoms with Crippen molar-refractivity contribution in [3.63, 3.8) is 0 Å². The van der Waals surface area contributed by atoms with Crippen molar-refractivity contribution in [1.29, 1.82) is 5.26 Å². The maximum atomic E-state index is 12.3. The number of carbonyl (C=O) groups is 2. The molecule has 0 bridgehead atoms. The fourth-order valence-corrected chi connectivity index (χ4v) is 3.32. The van der Waals surface area contributed by atoms with Crippen LogP contribution >= 0.6 is 15.9 Å². The first-order valence-electron chi connectivity index (χ1n) is 9.97. The van der Waals surface area contributed by atoms with Crippen molar-refractivity contribution >= 4 is 33.4 Å². The van der Waals surface area contributed by atoms with Gasteiger partial charge in [0.2, 0.25) is 5.91 Å². The Labute approximate surface area is 190 Å². The second kappa shape index (κ2) is 12.0. The summed E-state index contributed by atoms with van der Waals surface area (Å²) < 4.78 is 11.7. The van der Waals surface area contributed by atoms with E-state index in [2.05, 4.69) is 32.6 Å². The van der Waals surface area contributed by atoms with Gasteiger partial charge in [0.25, 0.3) is 5.91 Å². The van der Waals surface area contributed by atoms with Crippen molar-refractivity contribution in [2.75, 3.05) is 18.5 Å². The van der Waals surface area contributed by atoms with Gasteiger partial charge in [0.1, 0.15) is 0 Å². The molecule has 2 amide bonds. The molecular formula is C23H26BrN3O4. The van der Waals surface area contributed by atoms with Gasteiger partial charge in [-0.1, -0.05) is 26.0 Å². The Morgan fingerprint density at radius 1 is 1.16 bits per heavy atom. The van der Waals surface area contributed by atoms with Gasteiger partial charge in [0, 0.05) is 24.7 Å². The van der Waals surface area contributed by atoms with Crippen LogP contribution in [0.5, 0.6) is 11.5 Å². The quantitative estimate of drug-likeness (QED) is 0.517. The predicted octanol–water partition coefficient (Wildman–Crippen LogP) is 4.40. The zero-order valence-corrected chi connectivity index (χ0v) is 19.4. The molecule has 0 saturated heterocycles. The van der Waals surface area contributed by atoms with Crippen LogP contribution in [-0.4, -0.2) is 25.0 Å². The maximum absolute atomic E-state index is 12.3. The number of carbonyl (C=O) groups excluding carboxylic acids is 2. The molecule has 7 nitrogen and oxygen atoms in total. The van der Waals surface area contributed by atoms with Crippen LogP contribution in [0, 0.1) is 17.2 Å². The van der Waals surface area contributed by atoms with Crippen LogP contribution < -0.4 is 20.1 Å². The van der Waals surface area contributed by atoms with Crippen LogP contribution in [0.2, 0.25) is 0 Å². The van der Waals surface area contributed by atoms with Crippen molar-refractivity contribution in [3.8, 4) is 17.6 Å². The molecule has 0 heterocycles. The summed E-state index contributed by atoms with van der Waals surface area (Å²) >= 11 is 3.35. The summed E-state index contributed by atoms with van der Waals surface area (Å²) in [6.07, 6.45) is 0.451. The van der Waals surface area contributed by atoms with Gasteiger partial charge in [0.05, 0.1) is 22.7 Å². The molecule has 0 unspecified atom stereocenters. The molecule has 0 aliphatic heterocycles. The fraction of sp³-hybridized carbons (Fsp3) is 0.348. The molecule has 0 aliphatic rings. The molecule has 2 aromatic rings. The van der Waals surface area contributed by atoms with E-state index in [0.717, 1.165) is 5.56 Å². The summed E-state index contributed by atoms with van der Waals surface area (Å²) in [4.78, 5) is 24.2. The zero-order chi connectivity index (χ0) is 22.8. The molecule has 2 N–H and O–H groups in total. The third-order valence-electron chi connectivity index (χ3n) is 4.08. The van der Waals surface area contributed by atoms with Gasteiger partial charge in [-0.25, -0.2) is 0 Å². The first-order chi connectivity index (χ1) is 14.8. The molecule has 0 aromatic heterocycles. The Kier molecular flexibility index (Phi) is 9.35. The number of nitrogens with one attached hydrogen (secondary N) is 2. The molecular weight excluding hydrogens is 462 g/mol. The number of amides is 2. The minimum absolute atomic E-state index is 0.0392. The molecule has 2 aromatic carbocycles. The van der Waals surface area contributed by atoms with E-state index in [0.29, 0.717) is 46.8 Å². The van der Waals surface area contributed by atoms with Crippen LogP contribution in [0.15, 0.2) is 40.9 Å². The van der Waals surface area contributed by atoms with E-state index in [1.54, 1.807) is 12.1 Å². The van der Waals surface area contributed by atoms with E-state index in [-0.39, 0.29) is 24.3 Å². The molecule has 31 heavy (non-hydrogen) atoms. The summed E-state index contributed by atoms with van der Waals surface area (Å²) in [7, 11) is 0. The number of hydrogen-bond acceptors (Lipinski definition) is 5. The van der Waals surface area contributed by atoms with E-state index < -0.39 is 0 Å². The van der Waals surface area contributed by atoms with Gasteiger partial charge in [-0.2, -0.15) is 5.26 Å². The predicted molar refractivity (Wildman–Crippen MR) is 122 cm³/mol. The number of benzene rings is 2. The average molecular weight is 488 g/mol. The zero-order valence-electron chi connectivity index (χ0n) is 17.8. The van der Waals surface area contributed by atoms with Gasteiger partial charge >= 0.3 is 0 Å². The second-order valence-corrected chi connectivity index (χ2v) is 8.10. The smallest absolute Gasteiger partial charge is 0.258 e. The summed E-state index contributed by atoms with van der Waals surface area (Å²) in [6, 6.07) is 12.5. The number of halogens is 1. The first-order valence-corrected chi connectivity index (χ1v) is 10.8. The highest BCUT2D eigenvalue weighted by Gasteiger charge is 2.14. The van der Waals surface area contributed by atoms with Gasteiger partial charge < -0.3 is 20.1 Å². The Morgan fingerprint density at radius 3 is 2.61 bits per heavy atom. The SMILES string of the molecule is CCOc1cc(C#N)cc(Br)c1OCC(=O)NCc1cccc(NC(=O)CC(C)C)c1. The average Bonchev–Trinajstić information content (AvgIpc) is 2.71. The summed E-state index contributed by atoms with van der Waals surface area (Å²) in [5.41, 5.74) is 1.97. The van der Waals surface area contributed by atoms with Crippen LogP contribution in [-0.2, 0) is 16.1 Å². The number of nitriles is 1. The Bertz CT molecular complexity index is 970. The van der Waals surface area contributed by atoms with E-state index in [1.165, 1.54) is 0 Å². The number of hydrogen-bond donors (Lipinski definition) is 2. The minimum Gasteiger partial charge on any atom is -0.490 e. The van der Waals surface area contributed by atoms with Gasteiger partial charge in [-0.05, 0) is 52.5 Å². The van der Waals surface area contributed by atoms with Gasteiger partial charge in [0.15, 0.2) is 18.1 Å². The minimum atomic E-state index is -0.312. The number of ether oxygens (including phenoxy) is 2. The third kappa shape index (κ3) is 7.95. The molecule has 0 aliphatic carbocycles. The van der Waals surface area contributed by atoms with Crippen molar-refractivity contribution in [2.45, 2.75) is 33.7 Å². The van der Waals surface area contributed by atoms with Crippen molar-refractivity contribution in [3.05, 3.63) is 52.0 Å². The summed E-state index contributed by atoms with van der Waals surface area (Å²) in [5.74, 6) is 0.689. The van der Waals surface area contributed by atoms with Crippen LogP contribution in [0.3, 0.4) is 0 Å². The van der Waals surface area contributed by atoms with Gasteiger partial charge in [-0.15, -0.1) is 0 Å². The topological polar surface area (TPSA) is 100 Å². The van der Waals surface area contributed by atoms with Crippen LogP contribution in [0.4, 0.5) is 5.69 Å². The molecule has 0 saturated carbocycles.